The second-order valence-corrected chi connectivity index (χ2v) is 4.88. The molecule has 0 atom stereocenters. The van der Waals surface area contributed by atoms with E-state index in [4.69, 9.17) is 0 Å². The number of benzene rings is 2. The second kappa shape index (κ2) is 4.81. The molecule has 0 spiro atoms. The van der Waals surface area contributed by atoms with E-state index < -0.39 is 0 Å². The Morgan fingerprint density at radius 2 is 1.65 bits per heavy atom. The molecule has 0 aliphatic carbocycles. The minimum absolute atomic E-state index is 0.324. The van der Waals surface area contributed by atoms with Crippen molar-refractivity contribution in [3.05, 3.63) is 64.7 Å². The van der Waals surface area contributed by atoms with Gasteiger partial charge in [0, 0.05) is 12.2 Å². The SMILES string of the molecule is Cc1ccc(CNc2ccc3c(c2)C(=O)NC3=O)cc1. The average Bonchev–Trinajstić information content (AvgIpc) is 2.73. The third kappa shape index (κ3) is 2.28. The van der Waals surface area contributed by atoms with Crippen LogP contribution < -0.4 is 10.6 Å². The molecule has 3 rings (SSSR count). The van der Waals surface area contributed by atoms with Crippen molar-refractivity contribution in [1.82, 2.24) is 5.32 Å². The molecule has 0 unspecified atom stereocenters. The molecule has 0 saturated heterocycles. The summed E-state index contributed by atoms with van der Waals surface area (Å²) < 4.78 is 0. The van der Waals surface area contributed by atoms with E-state index in [1.807, 2.05) is 13.0 Å². The zero-order chi connectivity index (χ0) is 14.1. The molecule has 4 nitrogen and oxygen atoms in total. The highest BCUT2D eigenvalue weighted by atomic mass is 16.2. The Bertz CT molecular complexity index is 690. The maximum atomic E-state index is 11.6. The smallest absolute Gasteiger partial charge is 0.259 e. The van der Waals surface area contributed by atoms with Crippen LogP contribution in [0.4, 0.5) is 5.69 Å². The number of imide groups is 1. The van der Waals surface area contributed by atoms with Gasteiger partial charge in [0.1, 0.15) is 0 Å². The van der Waals surface area contributed by atoms with Gasteiger partial charge in [-0.1, -0.05) is 29.8 Å². The highest BCUT2D eigenvalue weighted by molar-refractivity contribution is 6.21. The lowest BCUT2D eigenvalue weighted by molar-refractivity contribution is 0.0879. The molecular formula is C16H14N2O2. The fourth-order valence-electron chi connectivity index (χ4n) is 2.19. The molecule has 20 heavy (non-hydrogen) atoms. The van der Waals surface area contributed by atoms with Gasteiger partial charge in [0.05, 0.1) is 11.1 Å². The van der Waals surface area contributed by atoms with E-state index in [1.165, 1.54) is 5.56 Å². The lowest BCUT2D eigenvalue weighted by Gasteiger charge is -2.07. The van der Waals surface area contributed by atoms with E-state index in [2.05, 4.69) is 34.9 Å². The van der Waals surface area contributed by atoms with E-state index in [1.54, 1.807) is 12.1 Å². The average molecular weight is 266 g/mol. The normalized spacial score (nSPS) is 13.1. The van der Waals surface area contributed by atoms with Crippen LogP contribution in [0, 0.1) is 6.92 Å². The van der Waals surface area contributed by atoms with Crippen LogP contribution in [-0.2, 0) is 6.54 Å². The summed E-state index contributed by atoms with van der Waals surface area (Å²) in [6, 6.07) is 13.4. The Balaban J connectivity index is 1.76. The number of carbonyl (C=O) groups excluding carboxylic acids is 2. The first-order valence-electron chi connectivity index (χ1n) is 6.42. The molecule has 0 aromatic heterocycles. The fourth-order valence-corrected chi connectivity index (χ4v) is 2.19. The lowest BCUT2D eigenvalue weighted by atomic mass is 10.1. The first-order valence-corrected chi connectivity index (χ1v) is 6.42. The van der Waals surface area contributed by atoms with E-state index in [9.17, 15) is 9.59 Å². The molecule has 4 heteroatoms. The Morgan fingerprint density at radius 1 is 0.950 bits per heavy atom. The van der Waals surface area contributed by atoms with Crippen LogP contribution in [-0.4, -0.2) is 11.8 Å². The maximum Gasteiger partial charge on any atom is 0.259 e. The summed E-state index contributed by atoms with van der Waals surface area (Å²) in [6.45, 7) is 2.72. The molecule has 0 fully saturated rings. The standard InChI is InChI=1S/C16H14N2O2/c1-10-2-4-11(5-3-10)9-17-12-6-7-13-14(8-12)16(20)18-15(13)19/h2-8,17H,9H2,1H3,(H,18,19,20). The van der Waals surface area contributed by atoms with Gasteiger partial charge in [-0.15, -0.1) is 0 Å². The number of carbonyl (C=O) groups is 2. The molecule has 2 N–H and O–H groups in total. The molecular weight excluding hydrogens is 252 g/mol. The van der Waals surface area contributed by atoms with Crippen molar-refractivity contribution in [3.8, 4) is 0 Å². The molecule has 0 radical (unpaired) electrons. The summed E-state index contributed by atoms with van der Waals surface area (Å²) in [7, 11) is 0. The number of rotatable bonds is 3. The van der Waals surface area contributed by atoms with Crippen LogP contribution in [0.5, 0.6) is 0 Å². The van der Waals surface area contributed by atoms with Crippen LogP contribution in [0.3, 0.4) is 0 Å². The minimum atomic E-state index is -0.330. The molecule has 0 saturated carbocycles. The summed E-state index contributed by atoms with van der Waals surface area (Å²) >= 11 is 0. The van der Waals surface area contributed by atoms with Gasteiger partial charge in [-0.25, -0.2) is 0 Å². The second-order valence-electron chi connectivity index (χ2n) is 4.88. The third-order valence-electron chi connectivity index (χ3n) is 3.35. The van der Waals surface area contributed by atoms with Crippen molar-refractivity contribution in [2.75, 3.05) is 5.32 Å². The topological polar surface area (TPSA) is 58.2 Å². The van der Waals surface area contributed by atoms with Gasteiger partial charge < -0.3 is 5.32 Å². The molecule has 1 heterocycles. The molecule has 2 aromatic carbocycles. The van der Waals surface area contributed by atoms with Gasteiger partial charge in [-0.2, -0.15) is 0 Å². The molecule has 100 valence electrons. The van der Waals surface area contributed by atoms with Crippen LogP contribution in [0.2, 0.25) is 0 Å². The highest BCUT2D eigenvalue weighted by Gasteiger charge is 2.26. The van der Waals surface area contributed by atoms with Crippen molar-refractivity contribution >= 4 is 17.5 Å². The maximum absolute atomic E-state index is 11.6. The van der Waals surface area contributed by atoms with Gasteiger partial charge in [0.15, 0.2) is 0 Å². The predicted octanol–water partition coefficient (Wildman–Crippen LogP) is 2.49. The number of anilines is 1. The summed E-state index contributed by atoms with van der Waals surface area (Å²) in [6.07, 6.45) is 0. The van der Waals surface area contributed by atoms with Crippen molar-refractivity contribution in [2.24, 2.45) is 0 Å². The number of nitrogens with one attached hydrogen (secondary N) is 2. The number of fused-ring (bicyclic) bond motifs is 1. The summed E-state index contributed by atoms with van der Waals surface area (Å²) in [5.74, 6) is -0.654. The first-order chi connectivity index (χ1) is 9.63. The van der Waals surface area contributed by atoms with E-state index in [0.29, 0.717) is 17.7 Å². The molecule has 1 aliphatic heterocycles. The Kier molecular flexibility index (Phi) is 2.99. The summed E-state index contributed by atoms with van der Waals surface area (Å²) in [5.41, 5.74) is 4.09. The zero-order valence-corrected chi connectivity index (χ0v) is 11.1. The van der Waals surface area contributed by atoms with Gasteiger partial charge in [0.25, 0.3) is 11.8 Å². The third-order valence-corrected chi connectivity index (χ3v) is 3.35. The van der Waals surface area contributed by atoms with Crippen LogP contribution in [0.1, 0.15) is 31.8 Å². The van der Waals surface area contributed by atoms with Crippen LogP contribution >= 0.6 is 0 Å². The summed E-state index contributed by atoms with van der Waals surface area (Å²) in [4.78, 5) is 23.0. The molecule has 0 bridgehead atoms. The summed E-state index contributed by atoms with van der Waals surface area (Å²) in [5, 5.41) is 5.54. The zero-order valence-electron chi connectivity index (χ0n) is 11.1. The molecule has 2 aromatic rings. The highest BCUT2D eigenvalue weighted by Crippen LogP contribution is 2.20. The number of amides is 2. The number of hydrogen-bond acceptors (Lipinski definition) is 3. The van der Waals surface area contributed by atoms with Crippen molar-refractivity contribution < 1.29 is 9.59 Å². The van der Waals surface area contributed by atoms with Crippen LogP contribution in [0.25, 0.3) is 0 Å². The van der Waals surface area contributed by atoms with E-state index in [-0.39, 0.29) is 11.8 Å². The predicted molar refractivity (Wildman–Crippen MR) is 76.7 cm³/mol. The number of aryl methyl sites for hydroxylation is 1. The monoisotopic (exact) mass is 266 g/mol. The largest absolute Gasteiger partial charge is 0.381 e. The lowest BCUT2D eigenvalue weighted by Crippen LogP contribution is -2.19. The Morgan fingerprint density at radius 3 is 2.40 bits per heavy atom. The Hall–Kier alpha value is -2.62. The van der Waals surface area contributed by atoms with Gasteiger partial charge in [-0.05, 0) is 30.7 Å². The number of hydrogen-bond donors (Lipinski definition) is 2. The quantitative estimate of drug-likeness (QED) is 0.839. The van der Waals surface area contributed by atoms with E-state index in [0.717, 1.165) is 11.3 Å². The van der Waals surface area contributed by atoms with Gasteiger partial charge in [0.2, 0.25) is 0 Å². The van der Waals surface area contributed by atoms with Crippen molar-refractivity contribution in [2.45, 2.75) is 13.5 Å². The molecule has 2 amide bonds. The molecule has 1 aliphatic rings. The van der Waals surface area contributed by atoms with Gasteiger partial charge >= 0.3 is 0 Å². The van der Waals surface area contributed by atoms with Crippen molar-refractivity contribution in [1.29, 1.82) is 0 Å². The van der Waals surface area contributed by atoms with Crippen LogP contribution in [0.15, 0.2) is 42.5 Å². The fraction of sp³-hybridized carbons (Fsp3) is 0.125. The Labute approximate surface area is 116 Å². The van der Waals surface area contributed by atoms with Gasteiger partial charge in [-0.3, -0.25) is 14.9 Å². The first kappa shape index (κ1) is 12.4. The van der Waals surface area contributed by atoms with Crippen molar-refractivity contribution in [3.63, 3.8) is 0 Å². The van der Waals surface area contributed by atoms with E-state index >= 15 is 0 Å². The minimum Gasteiger partial charge on any atom is -0.381 e.